The second kappa shape index (κ2) is 3.74. The molecule has 94 valence electrons. The van der Waals surface area contributed by atoms with Crippen molar-refractivity contribution < 1.29 is 13.9 Å². The fourth-order valence-corrected chi connectivity index (χ4v) is 2.69. The van der Waals surface area contributed by atoms with E-state index in [0.717, 1.165) is 12.2 Å². The van der Waals surface area contributed by atoms with Crippen LogP contribution < -0.4 is 5.32 Å². The van der Waals surface area contributed by atoms with E-state index < -0.39 is 18.4 Å². The summed E-state index contributed by atoms with van der Waals surface area (Å²) in [6.45, 7) is 1.62. The number of aliphatic hydroxyl groups excluding tert-OH is 1. The van der Waals surface area contributed by atoms with E-state index in [1.165, 1.54) is 4.68 Å². The minimum absolute atomic E-state index is 0.0104. The highest BCUT2D eigenvalue weighted by atomic mass is 19.3. The third-order valence-electron chi connectivity index (χ3n) is 3.49. The van der Waals surface area contributed by atoms with Gasteiger partial charge in [-0.2, -0.15) is 13.9 Å². The van der Waals surface area contributed by atoms with Gasteiger partial charge in [-0.25, -0.2) is 0 Å². The van der Waals surface area contributed by atoms with E-state index in [1.807, 2.05) is 0 Å². The molecule has 0 bridgehead atoms. The van der Waals surface area contributed by atoms with Crippen molar-refractivity contribution in [2.24, 2.45) is 0 Å². The molecule has 2 aliphatic rings. The molecule has 3 heterocycles. The van der Waals surface area contributed by atoms with Crippen molar-refractivity contribution in [3.05, 3.63) is 17.0 Å². The Bertz CT molecular complexity index is 444. The van der Waals surface area contributed by atoms with E-state index in [1.54, 1.807) is 0 Å². The van der Waals surface area contributed by atoms with E-state index in [9.17, 15) is 13.9 Å². The molecule has 1 aromatic rings. The van der Waals surface area contributed by atoms with E-state index in [4.69, 9.17) is 0 Å². The summed E-state index contributed by atoms with van der Waals surface area (Å²) in [7, 11) is 0. The lowest BCUT2D eigenvalue weighted by Gasteiger charge is -2.20. The highest BCUT2D eigenvalue weighted by molar-refractivity contribution is 5.32. The van der Waals surface area contributed by atoms with Crippen molar-refractivity contribution in [2.75, 3.05) is 6.54 Å². The van der Waals surface area contributed by atoms with Gasteiger partial charge in [-0.1, -0.05) is 0 Å². The molecule has 1 aromatic heterocycles. The van der Waals surface area contributed by atoms with Crippen molar-refractivity contribution >= 4 is 0 Å². The van der Waals surface area contributed by atoms with Gasteiger partial charge in [-0.05, 0) is 6.42 Å². The lowest BCUT2D eigenvalue weighted by atomic mass is 10.0. The first-order valence-corrected chi connectivity index (χ1v) is 5.93. The first-order valence-electron chi connectivity index (χ1n) is 5.93. The summed E-state index contributed by atoms with van der Waals surface area (Å²) in [6.07, 6.45) is -0.394. The number of halogens is 2. The van der Waals surface area contributed by atoms with Crippen LogP contribution in [0.15, 0.2) is 0 Å². The van der Waals surface area contributed by atoms with Gasteiger partial charge < -0.3 is 10.4 Å². The summed E-state index contributed by atoms with van der Waals surface area (Å²) >= 11 is 0. The molecule has 0 fully saturated rings. The molecule has 17 heavy (non-hydrogen) atoms. The highest BCUT2D eigenvalue weighted by Gasteiger charge is 2.43. The minimum Gasteiger partial charge on any atom is -0.393 e. The molecule has 2 aliphatic heterocycles. The van der Waals surface area contributed by atoms with Crippen molar-refractivity contribution in [3.8, 4) is 0 Å². The van der Waals surface area contributed by atoms with Crippen LogP contribution in [-0.4, -0.2) is 27.5 Å². The van der Waals surface area contributed by atoms with Crippen LogP contribution >= 0.6 is 0 Å². The number of aromatic nitrogens is 2. The summed E-state index contributed by atoms with van der Waals surface area (Å²) in [4.78, 5) is 0. The maximum absolute atomic E-state index is 14.1. The predicted octanol–water partition coefficient (Wildman–Crippen LogP) is 0.775. The smallest absolute Gasteiger partial charge is 0.292 e. The molecule has 0 amide bonds. The summed E-state index contributed by atoms with van der Waals surface area (Å²) in [5.74, 6) is -2.98. The molecule has 2 N–H and O–H groups in total. The number of hydrogen-bond donors (Lipinski definition) is 2. The molecule has 0 radical (unpaired) electrons. The normalized spacial score (nSPS) is 27.1. The first kappa shape index (κ1) is 11.1. The van der Waals surface area contributed by atoms with E-state index in [0.29, 0.717) is 31.5 Å². The summed E-state index contributed by atoms with van der Waals surface area (Å²) < 4.78 is 29.6. The van der Waals surface area contributed by atoms with Crippen molar-refractivity contribution in [1.82, 2.24) is 15.1 Å². The molecule has 0 saturated heterocycles. The van der Waals surface area contributed by atoms with E-state index in [2.05, 4.69) is 10.4 Å². The number of aryl methyl sites for hydroxylation is 1. The van der Waals surface area contributed by atoms with Crippen LogP contribution in [0, 0.1) is 0 Å². The van der Waals surface area contributed by atoms with Crippen molar-refractivity contribution in [1.29, 1.82) is 0 Å². The second-order valence-electron chi connectivity index (χ2n) is 4.77. The fraction of sp³-hybridized carbons (Fsp3) is 0.727. The van der Waals surface area contributed by atoms with E-state index in [-0.39, 0.29) is 5.69 Å². The average molecular weight is 243 g/mol. The molecular weight excluding hydrogens is 228 g/mol. The number of nitrogens with zero attached hydrogens (tertiary/aromatic N) is 2. The Morgan fingerprint density at radius 3 is 3.12 bits per heavy atom. The fourth-order valence-electron chi connectivity index (χ4n) is 2.69. The molecule has 0 aliphatic carbocycles. The SMILES string of the molecule is O[C@H]1CCn2nc3c(c2C(F)(F)C1)CNCC3. The Morgan fingerprint density at radius 2 is 2.29 bits per heavy atom. The Labute approximate surface area is 97.6 Å². The topological polar surface area (TPSA) is 50.1 Å². The zero-order valence-corrected chi connectivity index (χ0v) is 9.42. The molecule has 1 atom stereocenters. The van der Waals surface area contributed by atoms with Crippen LogP contribution in [0.4, 0.5) is 8.78 Å². The van der Waals surface area contributed by atoms with Gasteiger partial charge in [0, 0.05) is 38.0 Å². The number of rotatable bonds is 0. The average Bonchev–Trinajstić information content (AvgIpc) is 2.59. The van der Waals surface area contributed by atoms with Crippen LogP contribution in [0.1, 0.15) is 29.8 Å². The monoisotopic (exact) mass is 243 g/mol. The van der Waals surface area contributed by atoms with Crippen molar-refractivity contribution in [3.63, 3.8) is 0 Å². The van der Waals surface area contributed by atoms with Gasteiger partial charge in [0.1, 0.15) is 5.69 Å². The molecule has 0 saturated carbocycles. The Morgan fingerprint density at radius 1 is 1.47 bits per heavy atom. The number of nitrogens with one attached hydrogen (secondary N) is 1. The van der Waals surface area contributed by atoms with Gasteiger partial charge in [0.15, 0.2) is 0 Å². The molecule has 0 spiro atoms. The molecule has 0 unspecified atom stereocenters. The van der Waals surface area contributed by atoms with Crippen LogP contribution in [-0.2, 0) is 25.4 Å². The lowest BCUT2D eigenvalue weighted by molar-refractivity contribution is -0.0505. The van der Waals surface area contributed by atoms with Crippen LogP contribution in [0.2, 0.25) is 0 Å². The van der Waals surface area contributed by atoms with Crippen LogP contribution in [0.3, 0.4) is 0 Å². The van der Waals surface area contributed by atoms with Crippen LogP contribution in [0.5, 0.6) is 0 Å². The van der Waals surface area contributed by atoms with Gasteiger partial charge in [-0.15, -0.1) is 0 Å². The van der Waals surface area contributed by atoms with Crippen molar-refractivity contribution in [2.45, 2.75) is 44.4 Å². The minimum atomic E-state index is -2.98. The van der Waals surface area contributed by atoms with Crippen LogP contribution in [0.25, 0.3) is 0 Å². The maximum Gasteiger partial charge on any atom is 0.292 e. The molecular formula is C11H15F2N3O. The van der Waals surface area contributed by atoms with Gasteiger partial charge in [0.05, 0.1) is 11.8 Å². The summed E-state index contributed by atoms with van der Waals surface area (Å²) in [6, 6.07) is 0. The quantitative estimate of drug-likeness (QED) is 0.708. The second-order valence-corrected chi connectivity index (χ2v) is 4.77. The standard InChI is InChI=1S/C11H15F2N3O/c12-11(13)5-7(17)2-4-16-10(11)8-6-14-3-1-9(8)15-16/h7,14,17H,1-6H2/t7-/m0/s1. The maximum atomic E-state index is 14.1. The molecule has 3 rings (SSSR count). The van der Waals surface area contributed by atoms with Gasteiger partial charge in [0.2, 0.25) is 0 Å². The van der Waals surface area contributed by atoms with Gasteiger partial charge >= 0.3 is 0 Å². The number of alkyl halides is 2. The zero-order chi connectivity index (χ0) is 12.0. The lowest BCUT2D eigenvalue weighted by Crippen LogP contribution is -2.27. The third-order valence-corrected chi connectivity index (χ3v) is 3.49. The number of fused-ring (bicyclic) bond motifs is 3. The Balaban J connectivity index is 2.11. The summed E-state index contributed by atoms with van der Waals surface area (Å²) in [5.41, 5.74) is 1.43. The third kappa shape index (κ3) is 1.75. The number of aliphatic hydroxyl groups is 1. The van der Waals surface area contributed by atoms with E-state index >= 15 is 0 Å². The van der Waals surface area contributed by atoms with Gasteiger partial charge in [-0.3, -0.25) is 4.68 Å². The zero-order valence-electron chi connectivity index (χ0n) is 9.42. The highest BCUT2D eigenvalue weighted by Crippen LogP contribution is 2.39. The molecule has 0 aromatic carbocycles. The summed E-state index contributed by atoms with van der Waals surface area (Å²) in [5, 5.41) is 16.8. The number of hydrogen-bond acceptors (Lipinski definition) is 3. The molecule has 4 nitrogen and oxygen atoms in total. The Kier molecular flexibility index (Phi) is 2.45. The molecule has 6 heteroatoms. The largest absolute Gasteiger partial charge is 0.393 e. The van der Waals surface area contributed by atoms with Gasteiger partial charge in [0.25, 0.3) is 5.92 Å². The predicted molar refractivity (Wildman–Crippen MR) is 56.8 cm³/mol. The first-order chi connectivity index (χ1) is 8.08. The Hall–Kier alpha value is -1.01.